The minimum Gasteiger partial charge on any atom is -0.382 e. The van der Waals surface area contributed by atoms with Gasteiger partial charge in [0.15, 0.2) is 5.17 Å². The molecule has 98 valence electrons. The third-order valence-corrected chi connectivity index (χ3v) is 4.44. The first-order valence-electron chi connectivity index (χ1n) is 6.40. The summed E-state index contributed by atoms with van der Waals surface area (Å²) in [6, 6.07) is 0.685. The maximum absolute atomic E-state index is 5.38. The van der Waals surface area contributed by atoms with Crippen molar-refractivity contribution >= 4 is 16.9 Å². The van der Waals surface area contributed by atoms with Crippen LogP contribution in [0.5, 0.6) is 0 Å². The lowest BCUT2D eigenvalue weighted by Gasteiger charge is -2.28. The molecular formula is C12H22N2O2S. The second kappa shape index (κ2) is 7.24. The number of hydrogen-bond donors (Lipinski definition) is 1. The molecular weight excluding hydrogens is 236 g/mol. The molecule has 0 aromatic carbocycles. The normalized spacial score (nSPS) is 30.3. The second-order valence-corrected chi connectivity index (χ2v) is 5.55. The van der Waals surface area contributed by atoms with Crippen molar-refractivity contribution in [3.05, 3.63) is 0 Å². The quantitative estimate of drug-likeness (QED) is 0.733. The highest BCUT2D eigenvalue weighted by Gasteiger charge is 2.31. The number of methoxy groups -OCH3 is 1. The first kappa shape index (κ1) is 13.2. The number of nitrogens with zero attached hydrogens (tertiary/aromatic N) is 1. The predicted octanol–water partition coefficient (Wildman–Crippen LogP) is 1.51. The molecule has 0 bridgehead atoms. The van der Waals surface area contributed by atoms with Crippen LogP contribution in [-0.4, -0.2) is 50.4 Å². The van der Waals surface area contributed by atoms with Crippen molar-refractivity contribution in [2.24, 2.45) is 10.9 Å². The molecule has 0 aromatic rings. The monoisotopic (exact) mass is 258 g/mol. The number of nitrogens with one attached hydrogen (secondary N) is 1. The van der Waals surface area contributed by atoms with Crippen LogP contribution >= 0.6 is 11.8 Å². The van der Waals surface area contributed by atoms with E-state index in [-0.39, 0.29) is 0 Å². The molecule has 0 aromatic heterocycles. The fraction of sp³-hybridized carbons (Fsp3) is 0.917. The molecule has 2 rings (SSSR count). The van der Waals surface area contributed by atoms with E-state index in [1.54, 1.807) is 7.11 Å². The van der Waals surface area contributed by atoms with Crippen LogP contribution in [0.15, 0.2) is 4.99 Å². The third-order valence-electron chi connectivity index (χ3n) is 3.32. The molecule has 1 N–H and O–H groups in total. The zero-order chi connectivity index (χ0) is 11.9. The summed E-state index contributed by atoms with van der Waals surface area (Å²) < 4.78 is 10.3. The van der Waals surface area contributed by atoms with Crippen LogP contribution in [0.3, 0.4) is 0 Å². The molecule has 1 aliphatic carbocycles. The van der Waals surface area contributed by atoms with Crippen LogP contribution in [0, 0.1) is 5.92 Å². The van der Waals surface area contributed by atoms with E-state index in [2.05, 4.69) is 10.3 Å². The van der Waals surface area contributed by atoms with Crippen molar-refractivity contribution in [3.8, 4) is 0 Å². The Labute approximate surface area is 108 Å². The van der Waals surface area contributed by atoms with Gasteiger partial charge in [-0.15, -0.1) is 0 Å². The number of rotatable bonds is 6. The van der Waals surface area contributed by atoms with Crippen LogP contribution in [0.4, 0.5) is 0 Å². The summed E-state index contributed by atoms with van der Waals surface area (Å²) in [6.45, 7) is 2.75. The van der Waals surface area contributed by atoms with Gasteiger partial charge in [-0.25, -0.2) is 0 Å². The maximum Gasteiger partial charge on any atom is 0.156 e. The van der Waals surface area contributed by atoms with Gasteiger partial charge in [-0.2, -0.15) is 0 Å². The SMILES string of the molecule is COCCOCCN=C1NC2CCCC2CS1. The molecule has 2 fully saturated rings. The van der Waals surface area contributed by atoms with Gasteiger partial charge in [-0.3, -0.25) is 4.99 Å². The lowest BCUT2D eigenvalue weighted by Crippen LogP contribution is -2.41. The van der Waals surface area contributed by atoms with E-state index in [9.17, 15) is 0 Å². The summed E-state index contributed by atoms with van der Waals surface area (Å²) in [4.78, 5) is 4.54. The summed E-state index contributed by atoms with van der Waals surface area (Å²) in [5.74, 6) is 2.11. The van der Waals surface area contributed by atoms with Crippen molar-refractivity contribution in [2.45, 2.75) is 25.3 Å². The van der Waals surface area contributed by atoms with Crippen molar-refractivity contribution in [1.82, 2.24) is 5.32 Å². The summed E-state index contributed by atoms with van der Waals surface area (Å²) in [5.41, 5.74) is 0. The molecule has 0 spiro atoms. The molecule has 4 nitrogen and oxygen atoms in total. The highest BCUT2D eigenvalue weighted by atomic mass is 32.2. The third kappa shape index (κ3) is 4.16. The van der Waals surface area contributed by atoms with Gasteiger partial charge in [0, 0.05) is 18.9 Å². The van der Waals surface area contributed by atoms with Crippen LogP contribution in [-0.2, 0) is 9.47 Å². The maximum atomic E-state index is 5.38. The molecule has 2 aliphatic rings. The standard InChI is InChI=1S/C12H22N2O2S/c1-15-7-8-16-6-5-13-12-14-11-4-2-3-10(11)9-17-12/h10-11H,2-9H2,1H3,(H,13,14). The smallest absolute Gasteiger partial charge is 0.156 e. The Morgan fingerprint density at radius 3 is 3.18 bits per heavy atom. The molecule has 5 heteroatoms. The number of ether oxygens (including phenoxy) is 2. The number of fused-ring (bicyclic) bond motifs is 1. The first-order valence-corrected chi connectivity index (χ1v) is 7.39. The summed E-state index contributed by atoms with van der Waals surface area (Å²) >= 11 is 1.87. The van der Waals surface area contributed by atoms with Gasteiger partial charge in [0.2, 0.25) is 0 Å². The number of thioether (sulfide) groups is 1. The average molecular weight is 258 g/mol. The number of amidine groups is 1. The van der Waals surface area contributed by atoms with E-state index in [0.717, 1.165) is 17.6 Å². The zero-order valence-electron chi connectivity index (χ0n) is 10.5. The van der Waals surface area contributed by atoms with Crippen molar-refractivity contribution < 1.29 is 9.47 Å². The van der Waals surface area contributed by atoms with Crippen molar-refractivity contribution in [2.75, 3.05) is 39.2 Å². The van der Waals surface area contributed by atoms with Gasteiger partial charge in [-0.05, 0) is 18.8 Å². The fourth-order valence-electron chi connectivity index (χ4n) is 2.36. The summed E-state index contributed by atoms with van der Waals surface area (Å²) in [7, 11) is 1.68. The summed E-state index contributed by atoms with van der Waals surface area (Å²) in [6.07, 6.45) is 4.07. The fourth-order valence-corrected chi connectivity index (χ4v) is 3.55. The van der Waals surface area contributed by atoms with Crippen LogP contribution in [0.1, 0.15) is 19.3 Å². The van der Waals surface area contributed by atoms with Gasteiger partial charge in [0.25, 0.3) is 0 Å². The lowest BCUT2D eigenvalue weighted by atomic mass is 10.1. The Bertz CT molecular complexity index is 261. The molecule has 1 aliphatic heterocycles. The van der Waals surface area contributed by atoms with E-state index in [4.69, 9.17) is 9.47 Å². The molecule has 2 atom stereocenters. The average Bonchev–Trinajstić information content (AvgIpc) is 2.81. The summed E-state index contributed by atoms with van der Waals surface area (Å²) in [5, 5.41) is 4.66. The number of hydrogen-bond acceptors (Lipinski definition) is 4. The molecule has 0 amide bonds. The van der Waals surface area contributed by atoms with Gasteiger partial charge >= 0.3 is 0 Å². The Kier molecular flexibility index (Phi) is 5.61. The predicted molar refractivity (Wildman–Crippen MR) is 71.7 cm³/mol. The highest BCUT2D eigenvalue weighted by molar-refractivity contribution is 8.13. The zero-order valence-corrected chi connectivity index (χ0v) is 11.3. The van der Waals surface area contributed by atoms with E-state index in [1.165, 1.54) is 25.0 Å². The van der Waals surface area contributed by atoms with Crippen molar-refractivity contribution in [3.63, 3.8) is 0 Å². The molecule has 1 heterocycles. The van der Waals surface area contributed by atoms with E-state index >= 15 is 0 Å². The Morgan fingerprint density at radius 1 is 1.35 bits per heavy atom. The largest absolute Gasteiger partial charge is 0.382 e. The minimum atomic E-state index is 0.659. The molecule has 2 unspecified atom stereocenters. The van der Waals surface area contributed by atoms with Crippen LogP contribution in [0.2, 0.25) is 0 Å². The molecule has 17 heavy (non-hydrogen) atoms. The van der Waals surface area contributed by atoms with Crippen LogP contribution in [0.25, 0.3) is 0 Å². The molecule has 1 saturated carbocycles. The minimum absolute atomic E-state index is 0.659. The highest BCUT2D eigenvalue weighted by Crippen LogP contribution is 2.32. The van der Waals surface area contributed by atoms with E-state index in [1.807, 2.05) is 11.8 Å². The molecule has 0 radical (unpaired) electrons. The second-order valence-electron chi connectivity index (χ2n) is 4.54. The lowest BCUT2D eigenvalue weighted by molar-refractivity contribution is 0.0748. The van der Waals surface area contributed by atoms with Gasteiger partial charge in [0.05, 0.1) is 26.4 Å². The van der Waals surface area contributed by atoms with Gasteiger partial charge < -0.3 is 14.8 Å². The Hall–Kier alpha value is -0.260. The number of aliphatic imine (C=N–C) groups is 1. The van der Waals surface area contributed by atoms with Gasteiger partial charge in [0.1, 0.15) is 0 Å². The van der Waals surface area contributed by atoms with E-state index < -0.39 is 0 Å². The first-order chi connectivity index (χ1) is 8.40. The van der Waals surface area contributed by atoms with Gasteiger partial charge in [-0.1, -0.05) is 18.2 Å². The Balaban J connectivity index is 1.61. The van der Waals surface area contributed by atoms with Crippen molar-refractivity contribution in [1.29, 1.82) is 0 Å². The van der Waals surface area contributed by atoms with E-state index in [0.29, 0.717) is 25.9 Å². The molecule has 1 saturated heterocycles. The van der Waals surface area contributed by atoms with Crippen LogP contribution < -0.4 is 5.32 Å². The Morgan fingerprint density at radius 2 is 2.29 bits per heavy atom. The topological polar surface area (TPSA) is 42.9 Å².